The van der Waals surface area contributed by atoms with Gasteiger partial charge in [-0.3, -0.25) is 0 Å². The molecule has 4 heteroatoms. The molecule has 0 unspecified atom stereocenters. The van der Waals surface area contributed by atoms with Gasteiger partial charge in [0, 0.05) is 0 Å². The maximum atomic E-state index is 12.9. The van der Waals surface area contributed by atoms with Crippen molar-refractivity contribution in [2.24, 2.45) is 0 Å². The molecule has 2 aromatic carbocycles. The van der Waals surface area contributed by atoms with Gasteiger partial charge in [0.2, 0.25) is 0 Å². The first kappa shape index (κ1) is 14.7. The third kappa shape index (κ3) is 2.73. The zero-order valence-corrected chi connectivity index (χ0v) is 12.1. The third-order valence-corrected chi connectivity index (χ3v) is 3.87. The highest BCUT2D eigenvalue weighted by Crippen LogP contribution is 2.36. The van der Waals surface area contributed by atoms with E-state index in [0.717, 1.165) is 41.4 Å². The molecule has 2 aromatic rings. The molecule has 0 saturated heterocycles. The fourth-order valence-electron chi connectivity index (χ4n) is 2.79. The van der Waals surface area contributed by atoms with Gasteiger partial charge in [-0.1, -0.05) is 24.3 Å². The molecule has 22 heavy (non-hydrogen) atoms. The number of rotatable bonds is 2. The lowest BCUT2D eigenvalue weighted by Gasteiger charge is -2.19. The van der Waals surface area contributed by atoms with Crippen LogP contribution in [0.3, 0.4) is 0 Å². The minimum absolute atomic E-state index is 0.598. The summed E-state index contributed by atoms with van der Waals surface area (Å²) in [6, 6.07) is 11.2. The summed E-state index contributed by atoms with van der Waals surface area (Å²) in [5.41, 5.74) is 2.92. The molecule has 1 aliphatic rings. The average Bonchev–Trinajstić information content (AvgIpc) is 2.53. The van der Waals surface area contributed by atoms with Gasteiger partial charge in [0.05, 0.1) is 12.7 Å². The molecule has 0 radical (unpaired) electrons. The molecule has 0 spiro atoms. The van der Waals surface area contributed by atoms with Gasteiger partial charge in [0.25, 0.3) is 0 Å². The lowest BCUT2D eigenvalue weighted by molar-refractivity contribution is -0.137. The third-order valence-electron chi connectivity index (χ3n) is 3.87. The highest BCUT2D eigenvalue weighted by molar-refractivity contribution is 5.83. The quantitative estimate of drug-likeness (QED) is 0.750. The van der Waals surface area contributed by atoms with E-state index in [-0.39, 0.29) is 0 Å². The first-order valence-electron chi connectivity index (χ1n) is 7.04. The fraction of sp³-hybridized carbons (Fsp3) is 0.222. The van der Waals surface area contributed by atoms with Gasteiger partial charge in [0.15, 0.2) is 0 Å². The molecule has 0 aliphatic heterocycles. The Labute approximate surface area is 127 Å². The van der Waals surface area contributed by atoms with E-state index in [4.69, 9.17) is 4.74 Å². The largest absolute Gasteiger partial charge is 0.497 e. The van der Waals surface area contributed by atoms with Gasteiger partial charge in [0.1, 0.15) is 5.75 Å². The van der Waals surface area contributed by atoms with E-state index in [1.54, 1.807) is 13.2 Å². The molecule has 0 amide bonds. The highest BCUT2D eigenvalue weighted by Gasteiger charge is 2.30. The first-order chi connectivity index (χ1) is 10.5. The molecule has 0 heterocycles. The van der Waals surface area contributed by atoms with Crippen LogP contribution in [0.1, 0.15) is 28.7 Å². The molecule has 114 valence electrons. The standard InChI is InChI=1S/C18H15F3O/c1-22-15-8-9-17-13(11-15)5-3-7-16(17)12-4-2-6-14(10-12)18(19,20)21/h2,4,6-11H,3,5H2,1H3. The number of hydrogen-bond donors (Lipinski definition) is 0. The number of ether oxygens (including phenoxy) is 1. The van der Waals surface area contributed by atoms with Gasteiger partial charge in [-0.2, -0.15) is 13.2 Å². The van der Waals surface area contributed by atoms with Crippen molar-refractivity contribution in [1.82, 2.24) is 0 Å². The van der Waals surface area contributed by atoms with Gasteiger partial charge in [-0.15, -0.1) is 0 Å². The van der Waals surface area contributed by atoms with Crippen LogP contribution in [0.15, 0.2) is 48.5 Å². The zero-order chi connectivity index (χ0) is 15.7. The Morgan fingerprint density at radius 2 is 1.86 bits per heavy atom. The predicted octanol–water partition coefficient (Wildman–Crippen LogP) is 5.09. The van der Waals surface area contributed by atoms with Crippen molar-refractivity contribution in [2.75, 3.05) is 7.11 Å². The minimum Gasteiger partial charge on any atom is -0.497 e. The SMILES string of the molecule is COc1ccc2c(c1)CCC=C2c1cccc(C(F)(F)F)c1. The summed E-state index contributed by atoms with van der Waals surface area (Å²) in [6.07, 6.45) is -0.640. The molecule has 0 bridgehead atoms. The summed E-state index contributed by atoms with van der Waals surface area (Å²) < 4.78 is 43.9. The van der Waals surface area contributed by atoms with E-state index in [0.29, 0.717) is 5.56 Å². The van der Waals surface area contributed by atoms with Crippen LogP contribution < -0.4 is 4.74 Å². The first-order valence-corrected chi connectivity index (χ1v) is 7.04. The van der Waals surface area contributed by atoms with E-state index in [9.17, 15) is 13.2 Å². The van der Waals surface area contributed by atoms with Gasteiger partial charge < -0.3 is 4.74 Å². The van der Waals surface area contributed by atoms with Crippen LogP contribution >= 0.6 is 0 Å². The van der Waals surface area contributed by atoms with Crippen molar-refractivity contribution in [3.05, 3.63) is 70.8 Å². The average molecular weight is 304 g/mol. The molecular weight excluding hydrogens is 289 g/mol. The lowest BCUT2D eigenvalue weighted by Crippen LogP contribution is -2.06. The monoisotopic (exact) mass is 304 g/mol. The number of allylic oxidation sites excluding steroid dienone is 1. The van der Waals surface area contributed by atoms with Crippen LogP contribution in [0.2, 0.25) is 0 Å². The highest BCUT2D eigenvalue weighted by atomic mass is 19.4. The Hall–Kier alpha value is -2.23. The number of methoxy groups -OCH3 is 1. The van der Waals surface area contributed by atoms with Crippen LogP contribution in [0.5, 0.6) is 5.75 Å². The topological polar surface area (TPSA) is 9.23 Å². The second kappa shape index (κ2) is 5.52. The second-order valence-corrected chi connectivity index (χ2v) is 5.26. The zero-order valence-electron chi connectivity index (χ0n) is 12.1. The van der Waals surface area contributed by atoms with E-state index < -0.39 is 11.7 Å². The van der Waals surface area contributed by atoms with Crippen molar-refractivity contribution in [3.63, 3.8) is 0 Å². The van der Waals surface area contributed by atoms with Crippen molar-refractivity contribution < 1.29 is 17.9 Å². The molecule has 1 aliphatic carbocycles. The van der Waals surface area contributed by atoms with Gasteiger partial charge >= 0.3 is 6.18 Å². The summed E-state index contributed by atoms with van der Waals surface area (Å²) in [5, 5.41) is 0. The minimum atomic E-state index is -4.33. The van der Waals surface area contributed by atoms with Crippen LogP contribution in [-0.2, 0) is 12.6 Å². The summed E-state index contributed by atoms with van der Waals surface area (Å²) in [6.45, 7) is 0. The number of aryl methyl sites for hydroxylation is 1. The molecule has 0 atom stereocenters. The Balaban J connectivity index is 2.05. The summed E-state index contributed by atoms with van der Waals surface area (Å²) in [5.74, 6) is 0.768. The van der Waals surface area contributed by atoms with Crippen LogP contribution in [0.4, 0.5) is 13.2 Å². The Morgan fingerprint density at radius 1 is 1.05 bits per heavy atom. The lowest BCUT2D eigenvalue weighted by atomic mass is 9.86. The van der Waals surface area contributed by atoms with E-state index >= 15 is 0 Å². The van der Waals surface area contributed by atoms with Crippen molar-refractivity contribution in [3.8, 4) is 5.75 Å². The van der Waals surface area contributed by atoms with Gasteiger partial charge in [-0.25, -0.2) is 0 Å². The number of benzene rings is 2. The summed E-state index contributed by atoms with van der Waals surface area (Å²) >= 11 is 0. The summed E-state index contributed by atoms with van der Waals surface area (Å²) in [7, 11) is 1.61. The molecule has 0 fully saturated rings. The van der Waals surface area contributed by atoms with Crippen molar-refractivity contribution >= 4 is 5.57 Å². The fourth-order valence-corrected chi connectivity index (χ4v) is 2.79. The van der Waals surface area contributed by atoms with E-state index in [2.05, 4.69) is 0 Å². The molecule has 3 rings (SSSR count). The molecule has 0 N–H and O–H groups in total. The normalized spacial score (nSPS) is 14.3. The number of hydrogen-bond acceptors (Lipinski definition) is 1. The van der Waals surface area contributed by atoms with E-state index in [1.165, 1.54) is 12.1 Å². The molecule has 1 nitrogen and oxygen atoms in total. The Bertz CT molecular complexity index is 729. The van der Waals surface area contributed by atoms with Gasteiger partial charge in [-0.05, 0) is 59.4 Å². The smallest absolute Gasteiger partial charge is 0.416 e. The number of fused-ring (bicyclic) bond motifs is 1. The number of alkyl halides is 3. The Kier molecular flexibility index (Phi) is 3.69. The van der Waals surface area contributed by atoms with Crippen molar-refractivity contribution in [2.45, 2.75) is 19.0 Å². The molecular formula is C18H15F3O. The van der Waals surface area contributed by atoms with E-state index in [1.807, 2.05) is 24.3 Å². The van der Waals surface area contributed by atoms with Crippen LogP contribution in [0.25, 0.3) is 5.57 Å². The predicted molar refractivity (Wildman–Crippen MR) is 79.8 cm³/mol. The number of halogens is 3. The Morgan fingerprint density at radius 3 is 2.59 bits per heavy atom. The maximum Gasteiger partial charge on any atom is 0.416 e. The van der Waals surface area contributed by atoms with Crippen LogP contribution in [0, 0.1) is 0 Å². The molecule has 0 saturated carbocycles. The molecule has 0 aromatic heterocycles. The van der Waals surface area contributed by atoms with Crippen molar-refractivity contribution in [1.29, 1.82) is 0 Å². The second-order valence-electron chi connectivity index (χ2n) is 5.26. The maximum absolute atomic E-state index is 12.9. The van der Waals surface area contributed by atoms with Crippen LogP contribution in [-0.4, -0.2) is 7.11 Å². The summed E-state index contributed by atoms with van der Waals surface area (Å²) in [4.78, 5) is 0.